The second-order valence-electron chi connectivity index (χ2n) is 5.96. The van der Waals surface area contributed by atoms with Crippen LogP contribution >= 0.6 is 31.9 Å². The molecule has 1 heterocycles. The highest BCUT2D eigenvalue weighted by Crippen LogP contribution is 2.36. The highest BCUT2D eigenvalue weighted by atomic mass is 79.9. The maximum absolute atomic E-state index is 12.8. The van der Waals surface area contributed by atoms with Gasteiger partial charge in [-0.05, 0) is 52.4 Å². The van der Waals surface area contributed by atoms with Gasteiger partial charge < -0.3 is 10.0 Å². The fraction of sp³-hybridized carbons (Fsp3) is 0.467. The van der Waals surface area contributed by atoms with Gasteiger partial charge >= 0.3 is 5.97 Å². The van der Waals surface area contributed by atoms with E-state index in [4.69, 9.17) is 0 Å². The molecule has 0 radical (unpaired) electrons. The van der Waals surface area contributed by atoms with Crippen molar-refractivity contribution in [3.05, 3.63) is 32.7 Å². The fourth-order valence-electron chi connectivity index (χ4n) is 2.90. The highest BCUT2D eigenvalue weighted by Gasteiger charge is 2.44. The number of halogens is 2. The number of piperidine rings is 1. The minimum Gasteiger partial charge on any atom is -0.480 e. The van der Waals surface area contributed by atoms with Crippen LogP contribution in [0.15, 0.2) is 27.1 Å². The van der Waals surface area contributed by atoms with Gasteiger partial charge in [-0.25, -0.2) is 4.79 Å². The molecule has 1 N–H and O–H groups in total. The maximum Gasteiger partial charge on any atom is 0.326 e. The average Bonchev–Trinajstić information content (AvgIpc) is 2.38. The zero-order valence-electron chi connectivity index (χ0n) is 11.9. The van der Waals surface area contributed by atoms with Gasteiger partial charge in [-0.3, -0.25) is 4.79 Å². The summed E-state index contributed by atoms with van der Waals surface area (Å²) >= 11 is 6.71. The fourth-order valence-corrected chi connectivity index (χ4v) is 3.67. The molecule has 0 aliphatic carbocycles. The minimum atomic E-state index is -0.945. The molecule has 1 fully saturated rings. The van der Waals surface area contributed by atoms with E-state index in [0.29, 0.717) is 16.6 Å². The molecule has 1 aromatic carbocycles. The average molecular weight is 419 g/mol. The third-order valence-electron chi connectivity index (χ3n) is 3.93. The molecule has 1 amide bonds. The number of carbonyl (C=O) groups excluding carboxylic acids is 1. The van der Waals surface area contributed by atoms with E-state index in [-0.39, 0.29) is 5.91 Å². The molecule has 2 rings (SSSR count). The number of carbonyl (C=O) groups is 2. The van der Waals surface area contributed by atoms with Crippen molar-refractivity contribution in [2.24, 2.45) is 5.41 Å². The maximum atomic E-state index is 12.8. The Kier molecular flexibility index (Phi) is 4.78. The summed E-state index contributed by atoms with van der Waals surface area (Å²) in [7, 11) is 0. The molecule has 114 valence electrons. The summed E-state index contributed by atoms with van der Waals surface area (Å²) in [6.45, 7) is 4.28. The zero-order valence-corrected chi connectivity index (χ0v) is 15.1. The van der Waals surface area contributed by atoms with E-state index >= 15 is 0 Å². The van der Waals surface area contributed by atoms with Gasteiger partial charge in [0.25, 0.3) is 5.91 Å². The van der Waals surface area contributed by atoms with Crippen molar-refractivity contribution in [2.45, 2.75) is 32.7 Å². The molecule has 6 heteroatoms. The predicted octanol–water partition coefficient (Wildman–Crippen LogP) is 3.93. The van der Waals surface area contributed by atoms with Gasteiger partial charge in [-0.15, -0.1) is 0 Å². The number of hydrogen-bond donors (Lipinski definition) is 1. The first kappa shape index (κ1) is 16.5. The molecule has 1 saturated heterocycles. The summed E-state index contributed by atoms with van der Waals surface area (Å²) in [5.74, 6) is -1.19. The van der Waals surface area contributed by atoms with E-state index in [2.05, 4.69) is 31.9 Å². The Morgan fingerprint density at radius 1 is 1.33 bits per heavy atom. The lowest BCUT2D eigenvalue weighted by atomic mass is 9.76. The van der Waals surface area contributed by atoms with E-state index in [0.717, 1.165) is 17.3 Å². The lowest BCUT2D eigenvalue weighted by molar-refractivity contribution is -0.148. The molecule has 0 spiro atoms. The normalized spacial score (nSPS) is 21.1. The van der Waals surface area contributed by atoms with Crippen LogP contribution in [0.1, 0.15) is 37.0 Å². The first-order valence-electron chi connectivity index (χ1n) is 6.73. The number of likely N-dealkylation sites (tertiary alicyclic amines) is 1. The second-order valence-corrected chi connectivity index (χ2v) is 7.73. The van der Waals surface area contributed by atoms with Crippen molar-refractivity contribution in [2.75, 3.05) is 6.54 Å². The molecule has 1 aliphatic rings. The molecule has 1 aliphatic heterocycles. The molecular formula is C15H17Br2NO3. The van der Waals surface area contributed by atoms with Crippen molar-refractivity contribution >= 4 is 43.7 Å². The van der Waals surface area contributed by atoms with E-state index in [1.807, 2.05) is 19.9 Å². The standard InChI is InChI=1S/C15H17Br2NO3/c1-15(2)6-3-7-18(12(15)14(20)21)13(19)10-8-9(16)4-5-11(10)17/h4-5,8,12H,3,6-7H2,1-2H3,(H,20,21). The van der Waals surface area contributed by atoms with Crippen LogP contribution in [-0.4, -0.2) is 34.5 Å². The van der Waals surface area contributed by atoms with Crippen molar-refractivity contribution in [1.82, 2.24) is 4.90 Å². The number of benzene rings is 1. The summed E-state index contributed by atoms with van der Waals surface area (Å²) in [5, 5.41) is 9.55. The topological polar surface area (TPSA) is 57.6 Å². The molecule has 1 unspecified atom stereocenters. The van der Waals surface area contributed by atoms with Crippen molar-refractivity contribution < 1.29 is 14.7 Å². The number of carboxylic acids is 1. The summed E-state index contributed by atoms with van der Waals surface area (Å²) in [6.07, 6.45) is 1.61. The lowest BCUT2D eigenvalue weighted by Gasteiger charge is -2.44. The molecule has 1 atom stereocenters. The van der Waals surface area contributed by atoms with Gasteiger partial charge in [0.05, 0.1) is 5.56 Å². The number of nitrogens with zero attached hydrogens (tertiary/aromatic N) is 1. The molecular weight excluding hydrogens is 402 g/mol. The number of amides is 1. The molecule has 21 heavy (non-hydrogen) atoms. The summed E-state index contributed by atoms with van der Waals surface area (Å²) in [6, 6.07) is 4.52. The van der Waals surface area contributed by atoms with Gasteiger partial charge in [0, 0.05) is 15.5 Å². The minimum absolute atomic E-state index is 0.247. The van der Waals surface area contributed by atoms with Gasteiger partial charge in [0.1, 0.15) is 6.04 Å². The second kappa shape index (κ2) is 6.08. The van der Waals surface area contributed by atoms with Gasteiger partial charge in [0.15, 0.2) is 0 Å². The van der Waals surface area contributed by atoms with Gasteiger partial charge in [0.2, 0.25) is 0 Å². The number of aliphatic carboxylic acids is 1. The van der Waals surface area contributed by atoms with Crippen LogP contribution in [0.5, 0.6) is 0 Å². The SMILES string of the molecule is CC1(C)CCCN(C(=O)c2cc(Br)ccc2Br)C1C(=O)O. The quantitative estimate of drug-likeness (QED) is 0.791. The molecule has 0 aromatic heterocycles. The van der Waals surface area contributed by atoms with Crippen LogP contribution in [0.3, 0.4) is 0 Å². The smallest absolute Gasteiger partial charge is 0.326 e. The van der Waals surface area contributed by atoms with Crippen LogP contribution in [0, 0.1) is 5.41 Å². The van der Waals surface area contributed by atoms with Crippen LogP contribution in [0.25, 0.3) is 0 Å². The first-order valence-corrected chi connectivity index (χ1v) is 8.31. The third kappa shape index (κ3) is 3.31. The number of hydrogen-bond acceptors (Lipinski definition) is 2. The Labute approximate surface area is 140 Å². The molecule has 0 bridgehead atoms. The summed E-state index contributed by atoms with van der Waals surface area (Å²) in [4.78, 5) is 25.9. The molecule has 4 nitrogen and oxygen atoms in total. The Morgan fingerprint density at radius 2 is 2.00 bits per heavy atom. The molecule has 0 saturated carbocycles. The Balaban J connectivity index is 2.41. The van der Waals surface area contributed by atoms with Crippen LogP contribution in [-0.2, 0) is 4.79 Å². The van der Waals surface area contributed by atoms with Crippen molar-refractivity contribution in [3.8, 4) is 0 Å². The van der Waals surface area contributed by atoms with Crippen LogP contribution < -0.4 is 0 Å². The highest BCUT2D eigenvalue weighted by molar-refractivity contribution is 9.11. The van der Waals surface area contributed by atoms with Crippen LogP contribution in [0.2, 0.25) is 0 Å². The lowest BCUT2D eigenvalue weighted by Crippen LogP contribution is -2.56. The van der Waals surface area contributed by atoms with Crippen molar-refractivity contribution in [3.63, 3.8) is 0 Å². The van der Waals surface area contributed by atoms with Gasteiger partial charge in [-0.2, -0.15) is 0 Å². The monoisotopic (exact) mass is 417 g/mol. The Hall–Kier alpha value is -0.880. The van der Waals surface area contributed by atoms with Crippen molar-refractivity contribution in [1.29, 1.82) is 0 Å². The third-order valence-corrected chi connectivity index (χ3v) is 5.11. The van der Waals surface area contributed by atoms with E-state index in [1.165, 1.54) is 4.90 Å². The van der Waals surface area contributed by atoms with Crippen LogP contribution in [0.4, 0.5) is 0 Å². The van der Waals surface area contributed by atoms with Gasteiger partial charge in [-0.1, -0.05) is 29.8 Å². The largest absolute Gasteiger partial charge is 0.480 e. The predicted molar refractivity (Wildman–Crippen MR) is 87.3 cm³/mol. The summed E-state index contributed by atoms with van der Waals surface area (Å²) in [5.41, 5.74) is 0.0476. The number of carboxylic acid groups (broad SMARTS) is 1. The summed E-state index contributed by atoms with van der Waals surface area (Å²) < 4.78 is 1.46. The molecule has 1 aromatic rings. The van der Waals surface area contributed by atoms with E-state index in [9.17, 15) is 14.7 Å². The zero-order chi connectivity index (χ0) is 15.8. The first-order chi connectivity index (χ1) is 9.74. The Morgan fingerprint density at radius 3 is 2.62 bits per heavy atom. The number of rotatable bonds is 2. The Bertz CT molecular complexity index is 586. The van der Waals surface area contributed by atoms with E-state index in [1.54, 1.807) is 12.1 Å². The van der Waals surface area contributed by atoms with E-state index < -0.39 is 17.4 Å².